The van der Waals surface area contributed by atoms with E-state index in [1.807, 2.05) is 23.1 Å². The summed E-state index contributed by atoms with van der Waals surface area (Å²) >= 11 is 0. The van der Waals surface area contributed by atoms with Gasteiger partial charge in [-0.15, -0.1) is 0 Å². The molecule has 8 nitrogen and oxygen atoms in total. The van der Waals surface area contributed by atoms with Crippen LogP contribution in [-0.4, -0.2) is 79.6 Å². The number of piperazine rings is 1. The first-order valence-corrected chi connectivity index (χ1v) is 10.8. The molecule has 2 saturated heterocycles. The van der Waals surface area contributed by atoms with Crippen LogP contribution < -0.4 is 19.9 Å². The monoisotopic (exact) mass is 446 g/mol. The van der Waals surface area contributed by atoms with Crippen molar-refractivity contribution in [2.45, 2.75) is 18.8 Å². The number of nitrogens with one attached hydrogen (secondary N) is 1. The molecular formula is C22H28F2N6O2. The molecule has 0 spiro atoms. The number of carbonyl (C=O) groups is 1. The molecule has 0 radical (unpaired) electrons. The lowest BCUT2D eigenvalue weighted by Crippen LogP contribution is -2.49. The predicted octanol–water partition coefficient (Wildman–Crippen LogP) is 2.48. The second-order valence-electron chi connectivity index (χ2n) is 8.12. The molecule has 172 valence electrons. The minimum atomic E-state index is -2.58. The summed E-state index contributed by atoms with van der Waals surface area (Å²) < 4.78 is 32.0. The molecule has 2 aliphatic heterocycles. The lowest BCUT2D eigenvalue weighted by molar-refractivity contribution is -0.117. The molecule has 1 aromatic carbocycles. The number of ether oxygens (including phenoxy) is 1. The van der Waals surface area contributed by atoms with Gasteiger partial charge in [-0.2, -0.15) is 0 Å². The number of benzene rings is 1. The molecule has 0 unspecified atom stereocenters. The third-order valence-electron chi connectivity index (χ3n) is 5.89. The number of halogens is 2. The van der Waals surface area contributed by atoms with E-state index >= 15 is 0 Å². The van der Waals surface area contributed by atoms with E-state index in [-0.39, 0.29) is 18.7 Å². The second-order valence-corrected chi connectivity index (χ2v) is 8.12. The van der Waals surface area contributed by atoms with E-state index in [2.05, 4.69) is 25.1 Å². The SMILES string of the molecule is COc1ccc(NC(=O)CN2CCN(c3cc(N4CCC(F)(F)CC4)ncn3)CC2)cc1. The Hall–Kier alpha value is -3.01. The van der Waals surface area contributed by atoms with Crippen molar-refractivity contribution in [1.29, 1.82) is 0 Å². The Balaban J connectivity index is 1.26. The molecule has 0 saturated carbocycles. The minimum absolute atomic E-state index is 0.0603. The summed E-state index contributed by atoms with van der Waals surface area (Å²) in [5.74, 6) is -0.427. The molecule has 2 aromatic rings. The quantitative estimate of drug-likeness (QED) is 0.731. The molecule has 1 N–H and O–H groups in total. The highest BCUT2D eigenvalue weighted by atomic mass is 19.3. The third kappa shape index (κ3) is 5.61. The number of amides is 1. The number of carbonyl (C=O) groups excluding carboxylic acids is 1. The standard InChI is InChI=1S/C22H28F2N6O2/c1-32-18-4-2-17(3-5-18)27-21(31)15-28-10-12-30(13-11-28)20-14-19(25-16-26-20)29-8-6-22(23,24)7-9-29/h2-5,14,16H,6-13,15H2,1H3,(H,27,31). The van der Waals surface area contributed by atoms with Crippen LogP contribution in [-0.2, 0) is 4.79 Å². The van der Waals surface area contributed by atoms with Gasteiger partial charge in [-0.25, -0.2) is 18.7 Å². The van der Waals surface area contributed by atoms with Gasteiger partial charge in [0, 0.05) is 63.9 Å². The van der Waals surface area contributed by atoms with Gasteiger partial charge < -0.3 is 19.9 Å². The van der Waals surface area contributed by atoms with Crippen molar-refractivity contribution < 1.29 is 18.3 Å². The van der Waals surface area contributed by atoms with E-state index in [1.165, 1.54) is 6.33 Å². The minimum Gasteiger partial charge on any atom is -0.497 e. The van der Waals surface area contributed by atoms with Crippen LogP contribution in [0.2, 0.25) is 0 Å². The number of methoxy groups -OCH3 is 1. The van der Waals surface area contributed by atoms with Crippen molar-refractivity contribution in [1.82, 2.24) is 14.9 Å². The average molecular weight is 447 g/mol. The van der Waals surface area contributed by atoms with Crippen molar-refractivity contribution >= 4 is 23.2 Å². The fourth-order valence-corrected chi connectivity index (χ4v) is 3.96. The van der Waals surface area contributed by atoms with Crippen LogP contribution in [0.15, 0.2) is 36.7 Å². The molecule has 10 heteroatoms. The topological polar surface area (TPSA) is 73.8 Å². The molecule has 0 bridgehead atoms. The fraction of sp³-hybridized carbons (Fsp3) is 0.500. The lowest BCUT2D eigenvalue weighted by atomic mass is 10.1. The Labute approximate surface area is 186 Å². The number of anilines is 3. The summed E-state index contributed by atoms with van der Waals surface area (Å²) in [5, 5.41) is 2.90. The summed E-state index contributed by atoms with van der Waals surface area (Å²) in [6, 6.07) is 9.10. The second kappa shape index (κ2) is 9.64. The summed E-state index contributed by atoms with van der Waals surface area (Å²) in [6.45, 7) is 3.81. The van der Waals surface area contributed by atoms with Crippen molar-refractivity contribution in [2.24, 2.45) is 0 Å². The zero-order valence-corrected chi connectivity index (χ0v) is 18.1. The summed E-state index contributed by atoms with van der Waals surface area (Å²) in [4.78, 5) is 27.2. The summed E-state index contributed by atoms with van der Waals surface area (Å²) in [7, 11) is 1.60. The number of rotatable bonds is 6. The molecular weight excluding hydrogens is 418 g/mol. The largest absolute Gasteiger partial charge is 0.497 e. The highest BCUT2D eigenvalue weighted by Crippen LogP contribution is 2.30. The van der Waals surface area contributed by atoms with Gasteiger partial charge in [0.05, 0.1) is 13.7 Å². The van der Waals surface area contributed by atoms with Gasteiger partial charge in [0.1, 0.15) is 23.7 Å². The van der Waals surface area contributed by atoms with Crippen LogP contribution in [0.1, 0.15) is 12.8 Å². The molecule has 3 heterocycles. The maximum Gasteiger partial charge on any atom is 0.251 e. The van der Waals surface area contributed by atoms with Crippen LogP contribution in [0.25, 0.3) is 0 Å². The maximum absolute atomic E-state index is 13.4. The number of aromatic nitrogens is 2. The molecule has 4 rings (SSSR count). The Kier molecular flexibility index (Phi) is 6.69. The van der Waals surface area contributed by atoms with Gasteiger partial charge in [0.25, 0.3) is 5.92 Å². The van der Waals surface area contributed by atoms with Crippen LogP contribution in [0.5, 0.6) is 5.75 Å². The van der Waals surface area contributed by atoms with Crippen molar-refractivity contribution in [3.05, 3.63) is 36.7 Å². The van der Waals surface area contributed by atoms with E-state index < -0.39 is 5.92 Å². The zero-order chi connectivity index (χ0) is 22.6. The lowest BCUT2D eigenvalue weighted by Gasteiger charge is -2.36. The van der Waals surface area contributed by atoms with E-state index in [4.69, 9.17) is 4.74 Å². The third-order valence-corrected chi connectivity index (χ3v) is 5.89. The van der Waals surface area contributed by atoms with E-state index in [9.17, 15) is 13.6 Å². The van der Waals surface area contributed by atoms with Crippen LogP contribution in [0.3, 0.4) is 0 Å². The van der Waals surface area contributed by atoms with Crippen LogP contribution in [0.4, 0.5) is 26.1 Å². The Bertz CT molecular complexity index is 909. The van der Waals surface area contributed by atoms with Gasteiger partial charge in [-0.3, -0.25) is 9.69 Å². The molecule has 2 fully saturated rings. The first-order chi connectivity index (χ1) is 15.4. The van der Waals surface area contributed by atoms with E-state index in [0.29, 0.717) is 25.5 Å². The van der Waals surface area contributed by atoms with Crippen molar-refractivity contribution in [3.63, 3.8) is 0 Å². The van der Waals surface area contributed by atoms with E-state index in [1.54, 1.807) is 19.2 Å². The summed E-state index contributed by atoms with van der Waals surface area (Å²) in [6.07, 6.45) is 1.19. The first kappa shape index (κ1) is 22.2. The fourth-order valence-electron chi connectivity index (χ4n) is 3.96. The highest BCUT2D eigenvalue weighted by molar-refractivity contribution is 5.92. The number of alkyl halides is 2. The van der Waals surface area contributed by atoms with Crippen LogP contribution in [0, 0.1) is 0 Å². The maximum atomic E-state index is 13.4. The predicted molar refractivity (Wildman–Crippen MR) is 119 cm³/mol. The molecule has 0 aliphatic carbocycles. The normalized spacial score (nSPS) is 19.0. The van der Waals surface area contributed by atoms with Crippen molar-refractivity contribution in [3.8, 4) is 5.75 Å². The van der Waals surface area contributed by atoms with Crippen molar-refractivity contribution in [2.75, 3.05) is 68.0 Å². The Morgan fingerprint density at radius 3 is 2.19 bits per heavy atom. The first-order valence-electron chi connectivity index (χ1n) is 10.8. The number of hydrogen-bond acceptors (Lipinski definition) is 7. The Morgan fingerprint density at radius 1 is 1.00 bits per heavy atom. The highest BCUT2D eigenvalue weighted by Gasteiger charge is 2.34. The number of piperidine rings is 1. The Morgan fingerprint density at radius 2 is 1.59 bits per heavy atom. The smallest absolute Gasteiger partial charge is 0.251 e. The van der Waals surface area contributed by atoms with Crippen LogP contribution >= 0.6 is 0 Å². The molecule has 1 amide bonds. The van der Waals surface area contributed by atoms with E-state index in [0.717, 1.165) is 43.4 Å². The van der Waals surface area contributed by atoms with Gasteiger partial charge in [0.2, 0.25) is 5.91 Å². The molecule has 1 aromatic heterocycles. The number of hydrogen-bond donors (Lipinski definition) is 1. The van der Waals surface area contributed by atoms with Gasteiger partial charge >= 0.3 is 0 Å². The van der Waals surface area contributed by atoms with Gasteiger partial charge in [-0.1, -0.05) is 0 Å². The molecule has 0 atom stereocenters. The number of nitrogens with zero attached hydrogens (tertiary/aromatic N) is 5. The summed E-state index contributed by atoms with van der Waals surface area (Å²) in [5.41, 5.74) is 0.735. The molecule has 32 heavy (non-hydrogen) atoms. The van der Waals surface area contributed by atoms with Gasteiger partial charge in [-0.05, 0) is 24.3 Å². The average Bonchev–Trinajstić information content (AvgIpc) is 2.80. The van der Waals surface area contributed by atoms with Gasteiger partial charge in [0.15, 0.2) is 0 Å². The zero-order valence-electron chi connectivity index (χ0n) is 18.1. The molecule has 2 aliphatic rings.